The Hall–Kier alpha value is -4.15. The van der Waals surface area contributed by atoms with Gasteiger partial charge >= 0.3 is 5.97 Å². The monoisotopic (exact) mass is 480 g/mol. The molecule has 1 aliphatic heterocycles. The minimum Gasteiger partial charge on any atom is -0.480 e. The zero-order valence-electron chi connectivity index (χ0n) is 19.0. The van der Waals surface area contributed by atoms with Gasteiger partial charge in [-0.25, -0.2) is 23.5 Å². The van der Waals surface area contributed by atoms with Crippen molar-refractivity contribution in [2.45, 2.75) is 26.4 Å². The van der Waals surface area contributed by atoms with Crippen molar-refractivity contribution in [1.82, 2.24) is 24.9 Å². The van der Waals surface area contributed by atoms with Crippen LogP contribution < -0.4 is 4.90 Å². The Morgan fingerprint density at radius 1 is 1.17 bits per heavy atom. The lowest BCUT2D eigenvalue weighted by Crippen LogP contribution is -2.40. The van der Waals surface area contributed by atoms with Crippen molar-refractivity contribution in [3.63, 3.8) is 0 Å². The van der Waals surface area contributed by atoms with Crippen LogP contribution in [0.5, 0.6) is 0 Å². The highest BCUT2D eigenvalue weighted by Crippen LogP contribution is 2.35. The molecule has 0 aliphatic carbocycles. The summed E-state index contributed by atoms with van der Waals surface area (Å²) >= 11 is 0. The average molecular weight is 480 g/mol. The number of carbonyl (C=O) groups is 1. The first-order chi connectivity index (χ1) is 16.8. The van der Waals surface area contributed by atoms with Crippen LogP contribution in [0.25, 0.3) is 22.9 Å². The molecule has 1 unspecified atom stereocenters. The highest BCUT2D eigenvalue weighted by atomic mass is 19.1. The molecule has 4 heterocycles. The maximum absolute atomic E-state index is 14.8. The van der Waals surface area contributed by atoms with E-state index in [0.29, 0.717) is 29.2 Å². The van der Waals surface area contributed by atoms with E-state index in [1.54, 1.807) is 30.3 Å². The third-order valence-electron chi connectivity index (χ3n) is 6.45. The topological polar surface area (TPSA) is 110 Å². The normalized spacial score (nSPS) is 19.9. The van der Waals surface area contributed by atoms with Crippen LogP contribution in [0, 0.1) is 23.5 Å². The Kier molecular flexibility index (Phi) is 5.75. The number of hydrogen-bond donors (Lipinski definition) is 1. The van der Waals surface area contributed by atoms with E-state index in [1.807, 2.05) is 13.8 Å². The Balaban J connectivity index is 1.57. The van der Waals surface area contributed by atoms with Gasteiger partial charge in [0.05, 0.1) is 18.4 Å². The number of aliphatic carboxylic acids is 1. The predicted octanol–water partition coefficient (Wildman–Crippen LogP) is 3.87. The summed E-state index contributed by atoms with van der Waals surface area (Å²) in [5, 5.41) is 18.2. The van der Waals surface area contributed by atoms with Gasteiger partial charge in [0, 0.05) is 18.2 Å². The van der Waals surface area contributed by atoms with E-state index in [1.165, 1.54) is 21.9 Å². The molecule has 0 spiro atoms. The molecule has 0 bridgehead atoms. The Morgan fingerprint density at radius 3 is 2.69 bits per heavy atom. The van der Waals surface area contributed by atoms with Crippen LogP contribution in [0.4, 0.5) is 14.6 Å². The molecule has 0 amide bonds. The van der Waals surface area contributed by atoms with Gasteiger partial charge < -0.3 is 14.5 Å². The highest BCUT2D eigenvalue weighted by Gasteiger charge is 2.43. The molecular formula is C24H22F2N6O3. The first-order valence-corrected chi connectivity index (χ1v) is 11.1. The number of aromatic nitrogens is 5. The minimum atomic E-state index is -1.04. The number of carboxylic acids is 1. The fourth-order valence-electron chi connectivity index (χ4n) is 4.43. The second-order valence-corrected chi connectivity index (χ2v) is 8.69. The minimum absolute atomic E-state index is 0.0349. The van der Waals surface area contributed by atoms with Gasteiger partial charge in [-0.3, -0.25) is 4.68 Å². The second-order valence-electron chi connectivity index (χ2n) is 8.69. The summed E-state index contributed by atoms with van der Waals surface area (Å²) < 4.78 is 35.6. The first kappa shape index (κ1) is 22.6. The summed E-state index contributed by atoms with van der Waals surface area (Å²) in [5.41, 5.74) is 1.71. The van der Waals surface area contributed by atoms with Crippen molar-refractivity contribution in [2.75, 3.05) is 11.4 Å². The molecule has 3 atom stereocenters. The van der Waals surface area contributed by atoms with Crippen molar-refractivity contribution >= 4 is 11.8 Å². The molecule has 9 nitrogen and oxygen atoms in total. The summed E-state index contributed by atoms with van der Waals surface area (Å²) in [6, 6.07) is 8.72. The van der Waals surface area contributed by atoms with E-state index >= 15 is 0 Å². The number of carboxylic acid groups (broad SMARTS) is 1. The number of hydrogen-bond acceptors (Lipinski definition) is 7. The van der Waals surface area contributed by atoms with E-state index in [4.69, 9.17) is 4.52 Å². The molecule has 3 aromatic heterocycles. The van der Waals surface area contributed by atoms with Gasteiger partial charge in [-0.05, 0) is 24.0 Å². The van der Waals surface area contributed by atoms with Crippen molar-refractivity contribution in [2.24, 2.45) is 11.8 Å². The fourth-order valence-corrected chi connectivity index (χ4v) is 4.43. The molecule has 5 rings (SSSR count). The Bertz CT molecular complexity index is 1370. The van der Waals surface area contributed by atoms with Crippen LogP contribution in [-0.4, -0.2) is 48.6 Å². The van der Waals surface area contributed by atoms with Crippen molar-refractivity contribution in [3.05, 3.63) is 66.1 Å². The maximum Gasteiger partial charge on any atom is 0.326 e. The number of rotatable bonds is 6. The van der Waals surface area contributed by atoms with Gasteiger partial charge in [-0.1, -0.05) is 37.2 Å². The smallest absolute Gasteiger partial charge is 0.326 e. The van der Waals surface area contributed by atoms with Gasteiger partial charge in [-0.15, -0.1) is 0 Å². The third kappa shape index (κ3) is 4.13. The highest BCUT2D eigenvalue weighted by molar-refractivity contribution is 5.79. The predicted molar refractivity (Wildman–Crippen MR) is 121 cm³/mol. The third-order valence-corrected chi connectivity index (χ3v) is 6.45. The maximum atomic E-state index is 14.8. The number of benzene rings is 1. The number of anilines is 1. The van der Waals surface area contributed by atoms with Crippen LogP contribution in [0.15, 0.2) is 53.4 Å². The van der Waals surface area contributed by atoms with Crippen LogP contribution in [0.2, 0.25) is 0 Å². The molecule has 0 radical (unpaired) electrons. The zero-order valence-corrected chi connectivity index (χ0v) is 19.0. The summed E-state index contributed by atoms with van der Waals surface area (Å²) in [6.45, 7) is 4.20. The molecule has 4 aromatic rings. The molecule has 35 heavy (non-hydrogen) atoms. The van der Waals surface area contributed by atoms with Gasteiger partial charge in [-0.2, -0.15) is 5.10 Å². The van der Waals surface area contributed by atoms with Crippen molar-refractivity contribution < 1.29 is 23.2 Å². The summed E-state index contributed by atoms with van der Waals surface area (Å²) in [5.74, 6) is -2.28. The summed E-state index contributed by atoms with van der Waals surface area (Å²) in [7, 11) is 0. The first-order valence-electron chi connectivity index (χ1n) is 11.1. The van der Waals surface area contributed by atoms with Crippen LogP contribution in [0.1, 0.15) is 19.4 Å². The molecule has 1 saturated heterocycles. The number of halogens is 2. The summed E-state index contributed by atoms with van der Waals surface area (Å²) in [6.07, 6.45) is 2.42. The summed E-state index contributed by atoms with van der Waals surface area (Å²) in [4.78, 5) is 21.8. The lowest BCUT2D eigenvalue weighted by molar-refractivity contribution is -0.139. The van der Waals surface area contributed by atoms with Gasteiger partial charge in [0.1, 0.15) is 29.5 Å². The molecule has 1 N–H and O–H groups in total. The van der Waals surface area contributed by atoms with E-state index in [-0.39, 0.29) is 35.8 Å². The van der Waals surface area contributed by atoms with E-state index < -0.39 is 17.8 Å². The molecule has 0 saturated carbocycles. The van der Waals surface area contributed by atoms with Gasteiger partial charge in [0.15, 0.2) is 17.5 Å². The van der Waals surface area contributed by atoms with Crippen molar-refractivity contribution in [1.29, 1.82) is 0 Å². The van der Waals surface area contributed by atoms with E-state index in [9.17, 15) is 18.7 Å². The number of nitrogens with zero attached hydrogens (tertiary/aromatic N) is 6. The van der Waals surface area contributed by atoms with E-state index in [0.717, 1.165) is 6.20 Å². The molecule has 1 fully saturated rings. The Morgan fingerprint density at radius 2 is 1.97 bits per heavy atom. The quantitative estimate of drug-likeness (QED) is 0.443. The lowest BCUT2D eigenvalue weighted by Gasteiger charge is -2.24. The molecule has 1 aromatic carbocycles. The van der Waals surface area contributed by atoms with Crippen LogP contribution in [-0.2, 0) is 11.3 Å². The fraction of sp³-hybridized carbons (Fsp3) is 0.292. The largest absolute Gasteiger partial charge is 0.480 e. The molecular weight excluding hydrogens is 458 g/mol. The average Bonchev–Trinajstić information content (AvgIpc) is 3.56. The zero-order chi connectivity index (χ0) is 24.7. The SMILES string of the molecule is C[C@@H]1C(C(=O)O)N(c2nc(-c3cc(-c4ccon4)n(Cc4ccccc4F)n3)ncc2F)C[C@@H]1C. The van der Waals surface area contributed by atoms with Crippen LogP contribution in [0.3, 0.4) is 0 Å². The van der Waals surface area contributed by atoms with Crippen LogP contribution >= 0.6 is 0 Å². The Labute approximate surface area is 199 Å². The molecule has 180 valence electrons. The van der Waals surface area contributed by atoms with Gasteiger partial charge in [0.2, 0.25) is 0 Å². The van der Waals surface area contributed by atoms with E-state index in [2.05, 4.69) is 20.2 Å². The molecule has 1 aliphatic rings. The van der Waals surface area contributed by atoms with Crippen molar-refractivity contribution in [3.8, 4) is 22.9 Å². The lowest BCUT2D eigenvalue weighted by atomic mass is 9.94. The molecule has 11 heteroatoms. The second kappa shape index (κ2) is 8.90. The standard InChI is InChI=1S/C24H22F2N6O3/c1-13-11-31(21(14(13)2)24(33)34)23-17(26)10-27-22(28-23)19-9-20(18-7-8-35-30-18)32(29-19)12-15-5-3-4-6-16(15)25/h3-10,13-14,21H,11-12H2,1-2H3,(H,33,34)/t13-,14-,21?/m0/s1. The van der Waals surface area contributed by atoms with Gasteiger partial charge in [0.25, 0.3) is 0 Å².